The van der Waals surface area contributed by atoms with E-state index in [1.165, 1.54) is 5.56 Å². The van der Waals surface area contributed by atoms with Crippen LogP contribution in [0, 0.1) is 5.92 Å². The lowest BCUT2D eigenvalue weighted by molar-refractivity contribution is -0.123. The maximum Gasteiger partial charge on any atom is 0.257 e. The lowest BCUT2D eigenvalue weighted by atomic mass is 10.0. The molecular weight excluding hydrogens is 340 g/mol. The SMILES string of the molecule is CC(C)c1ccc(OCC(=O)NCC2CC(=O)N(c3ccccc3)C2)cc1. The Hall–Kier alpha value is -2.82. The molecule has 1 atom stereocenters. The van der Waals surface area contributed by atoms with Crippen molar-refractivity contribution in [3.63, 3.8) is 0 Å². The fraction of sp³-hybridized carbons (Fsp3) is 0.364. The van der Waals surface area contributed by atoms with Crippen LogP contribution in [-0.2, 0) is 9.59 Å². The van der Waals surface area contributed by atoms with Gasteiger partial charge in [0.25, 0.3) is 5.91 Å². The Labute approximate surface area is 160 Å². The van der Waals surface area contributed by atoms with Gasteiger partial charge in [-0.3, -0.25) is 9.59 Å². The molecule has 5 nitrogen and oxygen atoms in total. The third-order valence-corrected chi connectivity index (χ3v) is 4.78. The summed E-state index contributed by atoms with van der Waals surface area (Å²) in [6.45, 7) is 5.35. The van der Waals surface area contributed by atoms with Crippen LogP contribution in [0.25, 0.3) is 0 Å². The molecule has 1 N–H and O–H groups in total. The number of benzene rings is 2. The normalized spacial score (nSPS) is 16.6. The van der Waals surface area contributed by atoms with E-state index in [1.807, 2.05) is 54.6 Å². The van der Waals surface area contributed by atoms with Crippen LogP contribution in [0.5, 0.6) is 5.75 Å². The first-order valence-corrected chi connectivity index (χ1v) is 9.38. The molecule has 27 heavy (non-hydrogen) atoms. The molecule has 2 aromatic carbocycles. The molecule has 0 spiro atoms. The second-order valence-corrected chi connectivity index (χ2v) is 7.23. The van der Waals surface area contributed by atoms with Gasteiger partial charge in [-0.1, -0.05) is 44.2 Å². The maximum atomic E-state index is 12.2. The van der Waals surface area contributed by atoms with Gasteiger partial charge in [0.05, 0.1) is 0 Å². The van der Waals surface area contributed by atoms with Gasteiger partial charge in [0.15, 0.2) is 6.61 Å². The van der Waals surface area contributed by atoms with Crippen LogP contribution in [0.1, 0.15) is 31.7 Å². The summed E-state index contributed by atoms with van der Waals surface area (Å²) in [7, 11) is 0. The highest BCUT2D eigenvalue weighted by Gasteiger charge is 2.30. The van der Waals surface area contributed by atoms with Crippen LogP contribution >= 0.6 is 0 Å². The molecule has 2 aromatic rings. The summed E-state index contributed by atoms with van der Waals surface area (Å²) in [6.07, 6.45) is 0.451. The van der Waals surface area contributed by atoms with Crippen molar-refractivity contribution in [2.45, 2.75) is 26.2 Å². The second kappa shape index (κ2) is 8.71. The summed E-state index contributed by atoms with van der Waals surface area (Å²) in [6, 6.07) is 17.4. The molecule has 142 valence electrons. The number of nitrogens with zero attached hydrogens (tertiary/aromatic N) is 1. The van der Waals surface area contributed by atoms with E-state index in [0.717, 1.165) is 5.69 Å². The number of carbonyl (C=O) groups excluding carboxylic acids is 2. The summed E-state index contributed by atoms with van der Waals surface area (Å²) in [5.41, 5.74) is 2.14. The van der Waals surface area contributed by atoms with Crippen molar-refractivity contribution in [2.75, 3.05) is 24.6 Å². The minimum atomic E-state index is -0.173. The highest BCUT2D eigenvalue weighted by atomic mass is 16.5. The number of hydrogen-bond acceptors (Lipinski definition) is 3. The zero-order chi connectivity index (χ0) is 19.2. The largest absolute Gasteiger partial charge is 0.484 e. The summed E-state index contributed by atoms with van der Waals surface area (Å²) in [5.74, 6) is 1.19. The van der Waals surface area contributed by atoms with Gasteiger partial charge in [0, 0.05) is 31.1 Å². The molecule has 1 unspecified atom stereocenters. The van der Waals surface area contributed by atoms with Crippen LogP contribution < -0.4 is 15.0 Å². The van der Waals surface area contributed by atoms with Crippen molar-refractivity contribution in [3.05, 3.63) is 60.2 Å². The summed E-state index contributed by atoms with van der Waals surface area (Å²) < 4.78 is 5.54. The lowest BCUT2D eigenvalue weighted by Crippen LogP contribution is -2.34. The fourth-order valence-corrected chi connectivity index (χ4v) is 3.18. The molecule has 2 amide bonds. The number of nitrogens with one attached hydrogen (secondary N) is 1. The molecule has 1 saturated heterocycles. The van der Waals surface area contributed by atoms with Crippen molar-refractivity contribution in [1.29, 1.82) is 0 Å². The van der Waals surface area contributed by atoms with Gasteiger partial charge < -0.3 is 15.0 Å². The monoisotopic (exact) mass is 366 g/mol. The first-order valence-electron chi connectivity index (χ1n) is 9.38. The molecule has 0 aliphatic carbocycles. The molecule has 1 fully saturated rings. The molecule has 0 bridgehead atoms. The Bertz CT molecular complexity index is 772. The van der Waals surface area contributed by atoms with Crippen LogP contribution in [0.2, 0.25) is 0 Å². The quantitative estimate of drug-likeness (QED) is 0.817. The number of carbonyl (C=O) groups is 2. The number of para-hydroxylation sites is 1. The van der Waals surface area contributed by atoms with E-state index < -0.39 is 0 Å². The van der Waals surface area contributed by atoms with Gasteiger partial charge in [-0.05, 0) is 35.7 Å². The van der Waals surface area contributed by atoms with Gasteiger partial charge in [-0.25, -0.2) is 0 Å². The number of hydrogen-bond donors (Lipinski definition) is 1. The standard InChI is InChI=1S/C22H26N2O3/c1-16(2)18-8-10-20(11-9-18)27-15-21(25)23-13-17-12-22(26)24(14-17)19-6-4-3-5-7-19/h3-11,16-17H,12-15H2,1-2H3,(H,23,25). The van der Waals surface area contributed by atoms with E-state index in [-0.39, 0.29) is 24.3 Å². The predicted octanol–water partition coefficient (Wildman–Crippen LogP) is 3.36. The first-order chi connectivity index (χ1) is 13.0. The van der Waals surface area contributed by atoms with Crippen molar-refractivity contribution in [3.8, 4) is 5.75 Å². The summed E-state index contributed by atoms with van der Waals surface area (Å²) >= 11 is 0. The van der Waals surface area contributed by atoms with Crippen LogP contribution in [0.4, 0.5) is 5.69 Å². The Balaban J connectivity index is 1.42. The van der Waals surface area contributed by atoms with Gasteiger partial charge in [0.2, 0.25) is 5.91 Å². The fourth-order valence-electron chi connectivity index (χ4n) is 3.18. The van der Waals surface area contributed by atoms with E-state index in [1.54, 1.807) is 4.90 Å². The number of anilines is 1. The van der Waals surface area contributed by atoms with Gasteiger partial charge in [-0.15, -0.1) is 0 Å². The van der Waals surface area contributed by atoms with Crippen LogP contribution in [0.15, 0.2) is 54.6 Å². The van der Waals surface area contributed by atoms with Gasteiger partial charge >= 0.3 is 0 Å². The molecule has 0 saturated carbocycles. The molecule has 1 aliphatic rings. The topological polar surface area (TPSA) is 58.6 Å². The molecule has 1 aliphatic heterocycles. The Morgan fingerprint density at radius 1 is 1.15 bits per heavy atom. The maximum absolute atomic E-state index is 12.2. The molecule has 0 radical (unpaired) electrons. The van der Waals surface area contributed by atoms with Gasteiger partial charge in [0.1, 0.15) is 5.75 Å². The zero-order valence-electron chi connectivity index (χ0n) is 15.9. The number of amides is 2. The molecule has 1 heterocycles. The average molecular weight is 366 g/mol. The van der Waals surface area contributed by atoms with E-state index >= 15 is 0 Å². The second-order valence-electron chi connectivity index (χ2n) is 7.23. The lowest BCUT2D eigenvalue weighted by Gasteiger charge is -2.17. The third-order valence-electron chi connectivity index (χ3n) is 4.78. The highest BCUT2D eigenvalue weighted by Crippen LogP contribution is 2.24. The van der Waals surface area contributed by atoms with E-state index in [9.17, 15) is 9.59 Å². The smallest absolute Gasteiger partial charge is 0.257 e. The van der Waals surface area contributed by atoms with Crippen molar-refractivity contribution >= 4 is 17.5 Å². The molecular formula is C22H26N2O3. The van der Waals surface area contributed by atoms with E-state index in [4.69, 9.17) is 4.74 Å². The summed E-state index contributed by atoms with van der Waals surface area (Å²) in [4.78, 5) is 26.0. The number of rotatable bonds is 7. The van der Waals surface area contributed by atoms with Crippen LogP contribution in [-0.4, -0.2) is 31.5 Å². The van der Waals surface area contributed by atoms with Crippen molar-refractivity contribution < 1.29 is 14.3 Å². The Kier molecular flexibility index (Phi) is 6.12. The zero-order valence-corrected chi connectivity index (χ0v) is 15.9. The van der Waals surface area contributed by atoms with Crippen molar-refractivity contribution in [2.24, 2.45) is 5.92 Å². The first kappa shape index (κ1) is 19.0. The van der Waals surface area contributed by atoms with Crippen LogP contribution in [0.3, 0.4) is 0 Å². The molecule has 5 heteroatoms. The summed E-state index contributed by atoms with van der Waals surface area (Å²) in [5, 5.41) is 2.87. The minimum absolute atomic E-state index is 0.0237. The van der Waals surface area contributed by atoms with Crippen molar-refractivity contribution in [1.82, 2.24) is 5.32 Å². The number of ether oxygens (including phenoxy) is 1. The molecule has 3 rings (SSSR count). The average Bonchev–Trinajstić information content (AvgIpc) is 3.06. The van der Waals surface area contributed by atoms with Gasteiger partial charge in [-0.2, -0.15) is 0 Å². The minimum Gasteiger partial charge on any atom is -0.484 e. The van der Waals surface area contributed by atoms with E-state index in [2.05, 4.69) is 19.2 Å². The predicted molar refractivity (Wildman–Crippen MR) is 106 cm³/mol. The Morgan fingerprint density at radius 2 is 1.85 bits per heavy atom. The highest BCUT2D eigenvalue weighted by molar-refractivity contribution is 5.95. The third kappa shape index (κ3) is 5.09. The molecule has 0 aromatic heterocycles. The Morgan fingerprint density at radius 3 is 2.52 bits per heavy atom. The van der Waals surface area contributed by atoms with E-state index in [0.29, 0.717) is 31.2 Å².